The van der Waals surface area contributed by atoms with Gasteiger partial charge in [-0.1, -0.05) is 0 Å². The zero-order valence-corrected chi connectivity index (χ0v) is 14.5. The molecular weight excluding hydrogens is 322 g/mol. The molecule has 0 fully saturated rings. The molecule has 0 spiro atoms. The van der Waals surface area contributed by atoms with Crippen molar-refractivity contribution in [3.63, 3.8) is 0 Å². The first-order valence-electron chi connectivity index (χ1n) is 5.75. The van der Waals surface area contributed by atoms with Gasteiger partial charge < -0.3 is 0 Å². The molecule has 0 aromatic heterocycles. The summed E-state index contributed by atoms with van der Waals surface area (Å²) in [4.78, 5) is 4.84. The molecule has 1 aromatic rings. The second kappa shape index (κ2) is 3.70. The first-order chi connectivity index (χ1) is 7.23. The number of rotatable bonds is 1. The van der Waals surface area contributed by atoms with Crippen LogP contribution in [0.2, 0.25) is 29.5 Å². The Morgan fingerprint density at radius 3 is 2.31 bits per heavy atom. The Balaban J connectivity index is 2.60. The van der Waals surface area contributed by atoms with Crippen molar-refractivity contribution in [3.05, 3.63) is 32.8 Å². The van der Waals surface area contributed by atoms with Crippen LogP contribution in [0.5, 0.6) is 0 Å². The molecule has 1 heterocycles. The Kier molecular flexibility index (Phi) is 2.86. The normalized spacial score (nSPS) is 18.2. The van der Waals surface area contributed by atoms with Crippen molar-refractivity contribution in [3.8, 4) is 0 Å². The topological polar surface area (TPSA) is 0 Å². The summed E-state index contributed by atoms with van der Waals surface area (Å²) in [5.41, 5.74) is 1.29. The predicted octanol–water partition coefficient (Wildman–Crippen LogP) is 3.55. The van der Waals surface area contributed by atoms with Gasteiger partial charge in [0.25, 0.3) is 0 Å². The summed E-state index contributed by atoms with van der Waals surface area (Å²) in [6.45, 7) is 7.21. The molecule has 0 nitrogen and oxygen atoms in total. The summed E-state index contributed by atoms with van der Waals surface area (Å²) in [7, 11) is -1.24. The van der Waals surface area contributed by atoms with Gasteiger partial charge in [0, 0.05) is 0 Å². The van der Waals surface area contributed by atoms with Gasteiger partial charge >= 0.3 is 103 Å². The Bertz CT molecular complexity index is 469. The van der Waals surface area contributed by atoms with E-state index in [0.717, 1.165) is 0 Å². The van der Waals surface area contributed by atoms with E-state index >= 15 is 0 Å². The molecule has 16 heavy (non-hydrogen) atoms. The average molecular weight is 341 g/mol. The van der Waals surface area contributed by atoms with E-state index in [2.05, 4.69) is 35.6 Å². The monoisotopic (exact) mass is 342 g/mol. The number of hydrogen-bond donors (Lipinski definition) is 0. The molecule has 0 aliphatic carbocycles. The molecule has 0 unspecified atom stereocenters. The van der Waals surface area contributed by atoms with Gasteiger partial charge in [-0.25, -0.2) is 0 Å². The quantitative estimate of drug-likeness (QED) is 0.686. The standard InChI is InChI=1S/C11H13FSi.2CH3.Sn/c1-13(2,3)9-8-10-4-6-11(12)7-5-10;;;/h4,6-8H,1-3H3;2*1H3;. The van der Waals surface area contributed by atoms with Gasteiger partial charge in [-0.2, -0.15) is 0 Å². The summed E-state index contributed by atoms with van der Waals surface area (Å²) >= 11 is -2.38. The van der Waals surface area contributed by atoms with Crippen LogP contribution in [0.15, 0.2) is 21.4 Å². The Morgan fingerprint density at radius 1 is 1.12 bits per heavy atom. The molecule has 1 aliphatic heterocycles. The second-order valence-electron chi connectivity index (χ2n) is 6.16. The molecule has 2 rings (SSSR count). The van der Waals surface area contributed by atoms with E-state index in [1.807, 2.05) is 6.07 Å². The van der Waals surface area contributed by atoms with E-state index in [1.165, 1.54) is 9.14 Å². The molecule has 0 saturated heterocycles. The van der Waals surface area contributed by atoms with Gasteiger partial charge in [-0.15, -0.1) is 0 Å². The third kappa shape index (κ3) is 1.90. The van der Waals surface area contributed by atoms with Crippen molar-refractivity contribution < 1.29 is 4.39 Å². The molecule has 1 aliphatic rings. The van der Waals surface area contributed by atoms with Crippen molar-refractivity contribution >= 4 is 36.1 Å². The van der Waals surface area contributed by atoms with Crippen LogP contribution < -0.4 is 3.58 Å². The maximum atomic E-state index is 13.4. The predicted molar refractivity (Wildman–Crippen MR) is 74.8 cm³/mol. The average Bonchev–Trinajstić information content (AvgIpc) is 2.38. The van der Waals surface area contributed by atoms with Crippen molar-refractivity contribution in [2.24, 2.45) is 0 Å². The second-order valence-corrected chi connectivity index (χ2v) is 25.0. The van der Waals surface area contributed by atoms with Crippen LogP contribution in [0.1, 0.15) is 5.56 Å². The Morgan fingerprint density at radius 2 is 1.75 bits per heavy atom. The van der Waals surface area contributed by atoms with Crippen LogP contribution in [-0.2, 0) is 0 Å². The minimum atomic E-state index is -2.38. The van der Waals surface area contributed by atoms with Crippen molar-refractivity contribution in [1.82, 2.24) is 0 Å². The van der Waals surface area contributed by atoms with Gasteiger partial charge in [0.15, 0.2) is 0 Å². The van der Waals surface area contributed by atoms with Gasteiger partial charge in [0.2, 0.25) is 0 Å². The number of halogens is 1. The van der Waals surface area contributed by atoms with Crippen molar-refractivity contribution in [2.45, 2.75) is 29.5 Å². The zero-order valence-electron chi connectivity index (χ0n) is 10.7. The van der Waals surface area contributed by atoms with E-state index < -0.39 is 26.5 Å². The van der Waals surface area contributed by atoms with Gasteiger partial charge in [0.05, 0.1) is 0 Å². The molecule has 0 radical (unpaired) electrons. The third-order valence-electron chi connectivity index (χ3n) is 3.47. The maximum absolute atomic E-state index is 13.4. The van der Waals surface area contributed by atoms with Crippen LogP contribution >= 0.6 is 0 Å². The molecule has 86 valence electrons. The zero-order chi connectivity index (χ0) is 12.1. The SMILES string of the molecule is C[Si](C)(C)[C]1=Cc2ccc(F)c[c]2[Sn]1([CH3])[CH3]. The molecule has 1 aromatic carbocycles. The minimum absolute atomic E-state index is 0.0752. The first-order valence-corrected chi connectivity index (χ1v) is 17.8. The van der Waals surface area contributed by atoms with E-state index in [-0.39, 0.29) is 5.82 Å². The summed E-state index contributed by atoms with van der Waals surface area (Å²) < 4.78 is 16.4. The van der Waals surface area contributed by atoms with Crippen LogP contribution in [0.25, 0.3) is 6.08 Å². The third-order valence-corrected chi connectivity index (χ3v) is 25.2. The van der Waals surface area contributed by atoms with Gasteiger partial charge in [-0.3, -0.25) is 0 Å². The summed E-state index contributed by atoms with van der Waals surface area (Å²) in [6, 6.07) is 5.33. The van der Waals surface area contributed by atoms with E-state index in [4.69, 9.17) is 0 Å². The Hall–Kier alpha value is -0.0944. The summed E-state index contributed by atoms with van der Waals surface area (Å²) in [5.74, 6) is -0.0752. The van der Waals surface area contributed by atoms with Crippen molar-refractivity contribution in [1.29, 1.82) is 0 Å². The van der Waals surface area contributed by atoms with E-state index in [1.54, 1.807) is 15.3 Å². The molecular formula is C13H19FSiSn. The van der Waals surface area contributed by atoms with Crippen LogP contribution in [-0.4, -0.2) is 26.5 Å². The van der Waals surface area contributed by atoms with E-state index in [9.17, 15) is 4.39 Å². The van der Waals surface area contributed by atoms with Crippen molar-refractivity contribution in [2.75, 3.05) is 0 Å². The number of benzene rings is 1. The molecule has 0 amide bonds. The molecule has 3 heteroatoms. The fraction of sp³-hybridized carbons (Fsp3) is 0.385. The summed E-state index contributed by atoms with van der Waals surface area (Å²) in [5, 5.41) is 0. The van der Waals surface area contributed by atoms with Crippen LogP contribution in [0, 0.1) is 5.82 Å². The van der Waals surface area contributed by atoms with Gasteiger partial charge in [-0.05, 0) is 0 Å². The fourth-order valence-electron chi connectivity index (χ4n) is 2.83. The fourth-order valence-corrected chi connectivity index (χ4v) is 28.5. The molecule has 0 N–H and O–H groups in total. The summed E-state index contributed by atoms with van der Waals surface area (Å²) in [6.07, 6.45) is 2.37. The first kappa shape index (κ1) is 12.4. The molecule has 0 bridgehead atoms. The number of fused-ring (bicyclic) bond motifs is 1. The molecule has 0 saturated carbocycles. The van der Waals surface area contributed by atoms with Gasteiger partial charge in [0.1, 0.15) is 0 Å². The Labute approximate surface area is 102 Å². The molecule has 0 atom stereocenters. The van der Waals surface area contributed by atoms with E-state index in [0.29, 0.717) is 0 Å². The van der Waals surface area contributed by atoms with Crippen LogP contribution in [0.3, 0.4) is 0 Å². The number of hydrogen-bond acceptors (Lipinski definition) is 0. The van der Waals surface area contributed by atoms with Crippen LogP contribution in [0.4, 0.5) is 4.39 Å².